The van der Waals surface area contributed by atoms with Gasteiger partial charge in [0.2, 0.25) is 0 Å². The maximum atomic E-state index is 9.49. The van der Waals surface area contributed by atoms with E-state index in [-0.39, 0.29) is 0 Å². The zero-order valence-corrected chi connectivity index (χ0v) is 10.3. The Kier molecular flexibility index (Phi) is 5.59. The lowest BCUT2D eigenvalue weighted by molar-refractivity contribution is 0.0727. The zero-order valence-electron chi connectivity index (χ0n) is 10.3. The summed E-state index contributed by atoms with van der Waals surface area (Å²) in [5, 5.41) is 12.6. The SMILES string of the molecule is CCOc1cc(NCC(O)COC)ccc1N. The molecule has 1 aromatic rings. The van der Waals surface area contributed by atoms with Crippen LogP contribution < -0.4 is 15.8 Å². The van der Waals surface area contributed by atoms with E-state index in [4.69, 9.17) is 15.2 Å². The van der Waals surface area contributed by atoms with Gasteiger partial charge in [-0.25, -0.2) is 0 Å². The van der Waals surface area contributed by atoms with Gasteiger partial charge in [0.05, 0.1) is 25.0 Å². The van der Waals surface area contributed by atoms with Crippen molar-refractivity contribution in [3.63, 3.8) is 0 Å². The highest BCUT2D eigenvalue weighted by molar-refractivity contribution is 5.61. The highest BCUT2D eigenvalue weighted by Crippen LogP contribution is 2.25. The van der Waals surface area contributed by atoms with E-state index in [1.165, 1.54) is 0 Å². The molecule has 1 rings (SSSR count). The fraction of sp³-hybridized carbons (Fsp3) is 0.500. The van der Waals surface area contributed by atoms with E-state index in [9.17, 15) is 5.11 Å². The van der Waals surface area contributed by atoms with Gasteiger partial charge in [-0.15, -0.1) is 0 Å². The Morgan fingerprint density at radius 1 is 1.47 bits per heavy atom. The van der Waals surface area contributed by atoms with Gasteiger partial charge in [0, 0.05) is 25.4 Å². The minimum absolute atomic E-state index is 0.306. The lowest BCUT2D eigenvalue weighted by atomic mass is 10.2. The topological polar surface area (TPSA) is 76.7 Å². The van der Waals surface area contributed by atoms with Crippen molar-refractivity contribution in [3.05, 3.63) is 18.2 Å². The molecule has 0 aliphatic carbocycles. The molecule has 0 saturated carbocycles. The Bertz CT molecular complexity index is 345. The Morgan fingerprint density at radius 3 is 2.88 bits per heavy atom. The van der Waals surface area contributed by atoms with Gasteiger partial charge in [-0.2, -0.15) is 0 Å². The zero-order chi connectivity index (χ0) is 12.7. The van der Waals surface area contributed by atoms with Gasteiger partial charge in [-0.3, -0.25) is 0 Å². The second-order valence-corrected chi connectivity index (χ2v) is 3.68. The summed E-state index contributed by atoms with van der Waals surface area (Å²) in [6.45, 7) is 3.20. The number of hydrogen-bond acceptors (Lipinski definition) is 5. The Hall–Kier alpha value is -1.46. The third kappa shape index (κ3) is 4.50. The van der Waals surface area contributed by atoms with Crippen LogP contribution in [-0.4, -0.2) is 38.1 Å². The summed E-state index contributed by atoms with van der Waals surface area (Å²) in [5.74, 6) is 0.652. The average Bonchev–Trinajstić information content (AvgIpc) is 2.31. The van der Waals surface area contributed by atoms with Crippen molar-refractivity contribution < 1.29 is 14.6 Å². The number of rotatable bonds is 7. The van der Waals surface area contributed by atoms with Gasteiger partial charge in [-0.1, -0.05) is 0 Å². The second kappa shape index (κ2) is 6.98. The summed E-state index contributed by atoms with van der Waals surface area (Å²) in [6, 6.07) is 5.44. The van der Waals surface area contributed by atoms with Crippen LogP contribution in [0.1, 0.15) is 6.92 Å². The van der Waals surface area contributed by atoms with Gasteiger partial charge >= 0.3 is 0 Å². The number of ether oxygens (including phenoxy) is 2. The van der Waals surface area contributed by atoms with Crippen LogP contribution in [0, 0.1) is 0 Å². The van der Waals surface area contributed by atoms with Crippen molar-refractivity contribution in [1.82, 2.24) is 0 Å². The second-order valence-electron chi connectivity index (χ2n) is 3.68. The number of nitrogens with two attached hydrogens (primary N) is 1. The van der Waals surface area contributed by atoms with Gasteiger partial charge in [0.1, 0.15) is 5.75 Å². The fourth-order valence-corrected chi connectivity index (χ4v) is 1.41. The molecular weight excluding hydrogens is 220 g/mol. The minimum Gasteiger partial charge on any atom is -0.492 e. The molecule has 17 heavy (non-hydrogen) atoms. The van der Waals surface area contributed by atoms with Gasteiger partial charge < -0.3 is 25.6 Å². The van der Waals surface area contributed by atoms with Crippen LogP contribution in [0.5, 0.6) is 5.75 Å². The minimum atomic E-state index is -0.534. The summed E-state index contributed by atoms with van der Waals surface area (Å²) >= 11 is 0. The summed E-state index contributed by atoms with van der Waals surface area (Å²) in [5.41, 5.74) is 7.22. The molecule has 0 spiro atoms. The van der Waals surface area contributed by atoms with Gasteiger partial charge in [0.25, 0.3) is 0 Å². The standard InChI is InChI=1S/C12H20N2O3/c1-3-17-12-6-9(4-5-11(12)13)14-7-10(15)8-16-2/h4-6,10,14-15H,3,7-8,13H2,1-2H3. The molecule has 0 saturated heterocycles. The molecule has 4 N–H and O–H groups in total. The molecule has 0 aliphatic rings. The average molecular weight is 240 g/mol. The first-order valence-corrected chi connectivity index (χ1v) is 5.60. The maximum absolute atomic E-state index is 9.49. The number of nitrogen functional groups attached to an aromatic ring is 1. The number of aliphatic hydroxyl groups excluding tert-OH is 1. The Labute approximate surface area is 102 Å². The number of anilines is 2. The van der Waals surface area contributed by atoms with Crippen LogP contribution in [0.3, 0.4) is 0 Å². The monoisotopic (exact) mass is 240 g/mol. The number of hydrogen-bond donors (Lipinski definition) is 3. The largest absolute Gasteiger partial charge is 0.492 e. The maximum Gasteiger partial charge on any atom is 0.144 e. The molecule has 0 fully saturated rings. The molecule has 0 radical (unpaired) electrons. The van der Waals surface area contributed by atoms with Crippen LogP contribution in [0.25, 0.3) is 0 Å². The van der Waals surface area contributed by atoms with Crippen molar-refractivity contribution in [1.29, 1.82) is 0 Å². The van der Waals surface area contributed by atoms with Gasteiger partial charge in [-0.05, 0) is 19.1 Å². The molecule has 0 bridgehead atoms. The fourth-order valence-electron chi connectivity index (χ4n) is 1.41. The van der Waals surface area contributed by atoms with E-state index in [1.54, 1.807) is 13.2 Å². The number of nitrogens with one attached hydrogen (secondary N) is 1. The van der Waals surface area contributed by atoms with E-state index in [0.29, 0.717) is 31.2 Å². The predicted octanol–water partition coefficient (Wildman–Crippen LogP) is 1.09. The summed E-state index contributed by atoms with van der Waals surface area (Å²) in [6.07, 6.45) is -0.534. The molecular formula is C12H20N2O3. The van der Waals surface area contributed by atoms with Crippen molar-refractivity contribution in [2.75, 3.05) is 37.9 Å². The van der Waals surface area contributed by atoms with E-state index < -0.39 is 6.10 Å². The smallest absolute Gasteiger partial charge is 0.144 e. The van der Waals surface area contributed by atoms with E-state index >= 15 is 0 Å². The lowest BCUT2D eigenvalue weighted by Crippen LogP contribution is -2.24. The summed E-state index contributed by atoms with van der Waals surface area (Å²) < 4.78 is 10.2. The van der Waals surface area contributed by atoms with Crippen LogP contribution >= 0.6 is 0 Å². The molecule has 5 nitrogen and oxygen atoms in total. The number of aliphatic hydroxyl groups is 1. The van der Waals surface area contributed by atoms with E-state index in [2.05, 4.69) is 5.32 Å². The number of methoxy groups -OCH3 is 1. The van der Waals surface area contributed by atoms with Crippen LogP contribution in [-0.2, 0) is 4.74 Å². The summed E-state index contributed by atoms with van der Waals surface area (Å²) in [7, 11) is 1.56. The lowest BCUT2D eigenvalue weighted by Gasteiger charge is -2.13. The van der Waals surface area contributed by atoms with Crippen molar-refractivity contribution in [2.24, 2.45) is 0 Å². The third-order valence-corrected chi connectivity index (χ3v) is 2.21. The van der Waals surface area contributed by atoms with Crippen molar-refractivity contribution >= 4 is 11.4 Å². The van der Waals surface area contributed by atoms with Crippen LogP contribution in [0.2, 0.25) is 0 Å². The van der Waals surface area contributed by atoms with Crippen LogP contribution in [0.15, 0.2) is 18.2 Å². The van der Waals surface area contributed by atoms with Crippen molar-refractivity contribution in [3.8, 4) is 5.75 Å². The highest BCUT2D eigenvalue weighted by Gasteiger charge is 2.05. The Balaban J connectivity index is 2.56. The summed E-state index contributed by atoms with van der Waals surface area (Å²) in [4.78, 5) is 0. The first kappa shape index (κ1) is 13.6. The molecule has 0 amide bonds. The molecule has 0 aromatic heterocycles. The predicted molar refractivity (Wildman–Crippen MR) is 68.4 cm³/mol. The first-order valence-electron chi connectivity index (χ1n) is 5.60. The highest BCUT2D eigenvalue weighted by atomic mass is 16.5. The molecule has 1 atom stereocenters. The van der Waals surface area contributed by atoms with E-state index in [1.807, 2.05) is 19.1 Å². The molecule has 5 heteroatoms. The van der Waals surface area contributed by atoms with Gasteiger partial charge in [0.15, 0.2) is 0 Å². The molecule has 96 valence electrons. The quantitative estimate of drug-likeness (QED) is 0.622. The Morgan fingerprint density at radius 2 is 2.24 bits per heavy atom. The molecule has 1 aromatic carbocycles. The van der Waals surface area contributed by atoms with Crippen LogP contribution in [0.4, 0.5) is 11.4 Å². The van der Waals surface area contributed by atoms with Crippen molar-refractivity contribution in [2.45, 2.75) is 13.0 Å². The number of benzene rings is 1. The first-order chi connectivity index (χ1) is 8.17. The molecule has 0 aliphatic heterocycles. The third-order valence-electron chi connectivity index (χ3n) is 2.21. The molecule has 0 heterocycles. The molecule has 1 unspecified atom stereocenters. The van der Waals surface area contributed by atoms with E-state index in [0.717, 1.165) is 5.69 Å². The normalized spacial score (nSPS) is 12.2.